The third-order valence-electron chi connectivity index (χ3n) is 5.38. The van der Waals surface area contributed by atoms with E-state index < -0.39 is 6.04 Å². The molecule has 2 aliphatic heterocycles. The van der Waals surface area contributed by atoms with Crippen molar-refractivity contribution in [3.63, 3.8) is 0 Å². The highest BCUT2D eigenvalue weighted by Gasteiger charge is 2.34. The van der Waals surface area contributed by atoms with E-state index in [0.717, 1.165) is 37.3 Å². The second-order valence-corrected chi connectivity index (χ2v) is 8.17. The number of amides is 2. The predicted octanol–water partition coefficient (Wildman–Crippen LogP) is 3.98. The fourth-order valence-electron chi connectivity index (χ4n) is 3.98. The first-order chi connectivity index (χ1) is 13.2. The Balaban J connectivity index is 1.44. The van der Waals surface area contributed by atoms with Crippen molar-refractivity contribution in [2.75, 3.05) is 29.9 Å². The Morgan fingerprint density at radius 1 is 1.00 bits per heavy atom. The fraction of sp³-hybridized carbons (Fsp3) is 0.429. The van der Waals surface area contributed by atoms with Crippen LogP contribution in [0.4, 0.5) is 11.4 Å². The summed E-state index contributed by atoms with van der Waals surface area (Å²) in [6.45, 7) is 2.79. The highest BCUT2D eigenvalue weighted by Crippen LogP contribution is 2.26. The maximum atomic E-state index is 12.9. The van der Waals surface area contributed by atoms with Crippen LogP contribution in [0.2, 0.25) is 0 Å². The Morgan fingerprint density at radius 2 is 1.85 bits per heavy atom. The van der Waals surface area contributed by atoms with Gasteiger partial charge in [0, 0.05) is 31.0 Å². The van der Waals surface area contributed by atoms with Gasteiger partial charge >= 0.3 is 0 Å². The highest BCUT2D eigenvalue weighted by molar-refractivity contribution is 7.12. The maximum absolute atomic E-state index is 12.9. The van der Waals surface area contributed by atoms with Gasteiger partial charge in [0.25, 0.3) is 5.91 Å². The second-order valence-electron chi connectivity index (χ2n) is 7.22. The van der Waals surface area contributed by atoms with Gasteiger partial charge in [0.05, 0.1) is 4.88 Å². The Labute approximate surface area is 164 Å². The standard InChI is InChI=1S/C21H25N3O2S/c25-20(18-9-5-13-24(18)21(26)19-10-6-14-27-19)22-16-7-4-8-17(15-16)23-11-2-1-3-12-23/h4,6-8,10,14-15,18H,1-3,5,9,11-13H2,(H,22,25)/t18-/m0/s1. The van der Waals surface area contributed by atoms with E-state index in [0.29, 0.717) is 11.4 Å². The number of rotatable bonds is 4. The molecular weight excluding hydrogens is 358 g/mol. The molecule has 27 heavy (non-hydrogen) atoms. The summed E-state index contributed by atoms with van der Waals surface area (Å²) >= 11 is 1.42. The van der Waals surface area contributed by atoms with E-state index in [1.165, 1.54) is 30.6 Å². The molecule has 3 heterocycles. The quantitative estimate of drug-likeness (QED) is 0.869. The lowest BCUT2D eigenvalue weighted by Gasteiger charge is -2.29. The Bertz CT molecular complexity index is 800. The summed E-state index contributed by atoms with van der Waals surface area (Å²) in [6, 6.07) is 11.4. The number of piperidine rings is 1. The summed E-state index contributed by atoms with van der Waals surface area (Å²) < 4.78 is 0. The van der Waals surface area contributed by atoms with Crippen LogP contribution < -0.4 is 10.2 Å². The lowest BCUT2D eigenvalue weighted by molar-refractivity contribution is -0.119. The van der Waals surface area contributed by atoms with Gasteiger partial charge in [-0.05, 0) is 61.7 Å². The van der Waals surface area contributed by atoms with Crippen molar-refractivity contribution in [1.82, 2.24) is 4.90 Å². The number of hydrogen-bond acceptors (Lipinski definition) is 4. The summed E-state index contributed by atoms with van der Waals surface area (Å²) in [4.78, 5) is 30.3. The third kappa shape index (κ3) is 4.00. The molecule has 2 amide bonds. The number of benzene rings is 1. The van der Waals surface area contributed by atoms with Crippen molar-refractivity contribution in [1.29, 1.82) is 0 Å². The van der Waals surface area contributed by atoms with Crippen molar-refractivity contribution in [2.45, 2.75) is 38.1 Å². The van der Waals surface area contributed by atoms with E-state index in [-0.39, 0.29) is 11.8 Å². The Morgan fingerprint density at radius 3 is 2.63 bits per heavy atom. The molecule has 2 fully saturated rings. The monoisotopic (exact) mass is 383 g/mol. The SMILES string of the molecule is O=C(Nc1cccc(N2CCCCC2)c1)[C@@H]1CCCN1C(=O)c1cccs1. The van der Waals surface area contributed by atoms with Crippen LogP contribution in [-0.4, -0.2) is 42.4 Å². The van der Waals surface area contributed by atoms with E-state index >= 15 is 0 Å². The van der Waals surface area contributed by atoms with Crippen LogP contribution >= 0.6 is 11.3 Å². The fourth-order valence-corrected chi connectivity index (χ4v) is 4.66. The average molecular weight is 384 g/mol. The second kappa shape index (κ2) is 8.13. The molecule has 2 aliphatic rings. The smallest absolute Gasteiger partial charge is 0.264 e. The summed E-state index contributed by atoms with van der Waals surface area (Å²) in [6.07, 6.45) is 5.32. The molecule has 0 spiro atoms. The Kier molecular flexibility index (Phi) is 5.43. The topological polar surface area (TPSA) is 52.7 Å². The van der Waals surface area contributed by atoms with Crippen LogP contribution in [-0.2, 0) is 4.79 Å². The number of hydrogen-bond donors (Lipinski definition) is 1. The van der Waals surface area contributed by atoms with Crippen molar-refractivity contribution < 1.29 is 9.59 Å². The molecule has 1 atom stereocenters. The first-order valence-electron chi connectivity index (χ1n) is 9.73. The molecule has 0 aliphatic carbocycles. The molecule has 2 aromatic rings. The van der Waals surface area contributed by atoms with Gasteiger partial charge in [-0.1, -0.05) is 12.1 Å². The van der Waals surface area contributed by atoms with Gasteiger partial charge in [-0.25, -0.2) is 0 Å². The maximum Gasteiger partial charge on any atom is 0.264 e. The molecule has 1 N–H and O–H groups in total. The minimum absolute atomic E-state index is 0.0373. The van der Waals surface area contributed by atoms with E-state index in [2.05, 4.69) is 16.3 Å². The van der Waals surface area contributed by atoms with Crippen molar-refractivity contribution in [3.05, 3.63) is 46.7 Å². The molecule has 1 aromatic heterocycles. The van der Waals surface area contributed by atoms with Gasteiger partial charge in [0.1, 0.15) is 6.04 Å². The molecule has 4 rings (SSSR count). The van der Waals surface area contributed by atoms with Crippen molar-refractivity contribution >= 4 is 34.5 Å². The molecule has 0 saturated carbocycles. The molecule has 0 bridgehead atoms. The van der Waals surface area contributed by atoms with E-state index in [1.54, 1.807) is 4.90 Å². The van der Waals surface area contributed by atoms with Gasteiger partial charge in [-0.2, -0.15) is 0 Å². The zero-order chi connectivity index (χ0) is 18.6. The summed E-state index contributed by atoms with van der Waals surface area (Å²) in [5.41, 5.74) is 1.96. The number of likely N-dealkylation sites (tertiary alicyclic amines) is 1. The van der Waals surface area contributed by atoms with Gasteiger partial charge < -0.3 is 15.1 Å². The largest absolute Gasteiger partial charge is 0.371 e. The van der Waals surface area contributed by atoms with Gasteiger partial charge in [0.2, 0.25) is 5.91 Å². The molecule has 142 valence electrons. The number of thiophene rings is 1. The van der Waals surface area contributed by atoms with E-state index in [1.807, 2.05) is 35.7 Å². The lowest BCUT2D eigenvalue weighted by atomic mass is 10.1. The van der Waals surface area contributed by atoms with Crippen LogP contribution in [0.1, 0.15) is 41.8 Å². The van der Waals surface area contributed by atoms with Crippen LogP contribution in [0.3, 0.4) is 0 Å². The number of anilines is 2. The van der Waals surface area contributed by atoms with Gasteiger partial charge in [-0.15, -0.1) is 11.3 Å². The number of nitrogens with zero attached hydrogens (tertiary/aromatic N) is 2. The minimum atomic E-state index is -0.391. The van der Waals surface area contributed by atoms with Gasteiger partial charge in [-0.3, -0.25) is 9.59 Å². The summed E-state index contributed by atoms with van der Waals surface area (Å²) in [7, 11) is 0. The van der Waals surface area contributed by atoms with Gasteiger partial charge in [0.15, 0.2) is 0 Å². The normalized spacial score (nSPS) is 19.9. The van der Waals surface area contributed by atoms with Crippen molar-refractivity contribution in [2.24, 2.45) is 0 Å². The first kappa shape index (κ1) is 18.0. The zero-order valence-electron chi connectivity index (χ0n) is 15.4. The summed E-state index contributed by atoms with van der Waals surface area (Å²) in [5.74, 6) is -0.127. The molecule has 2 saturated heterocycles. The third-order valence-corrected chi connectivity index (χ3v) is 6.24. The summed E-state index contributed by atoms with van der Waals surface area (Å²) in [5, 5.41) is 4.93. The lowest BCUT2D eigenvalue weighted by Crippen LogP contribution is -2.43. The Hall–Kier alpha value is -2.34. The zero-order valence-corrected chi connectivity index (χ0v) is 16.2. The van der Waals surface area contributed by atoms with Crippen LogP contribution in [0.15, 0.2) is 41.8 Å². The molecule has 0 unspecified atom stereocenters. The number of nitrogens with one attached hydrogen (secondary N) is 1. The van der Waals surface area contributed by atoms with Crippen LogP contribution in [0.25, 0.3) is 0 Å². The number of carbonyl (C=O) groups excluding carboxylic acids is 2. The molecule has 0 radical (unpaired) electrons. The van der Waals surface area contributed by atoms with Crippen LogP contribution in [0.5, 0.6) is 0 Å². The molecule has 1 aromatic carbocycles. The predicted molar refractivity (Wildman–Crippen MR) is 110 cm³/mol. The molecule has 6 heteroatoms. The highest BCUT2D eigenvalue weighted by atomic mass is 32.1. The first-order valence-corrected chi connectivity index (χ1v) is 10.6. The molecular formula is C21H25N3O2S. The van der Waals surface area contributed by atoms with E-state index in [4.69, 9.17) is 0 Å². The van der Waals surface area contributed by atoms with E-state index in [9.17, 15) is 9.59 Å². The minimum Gasteiger partial charge on any atom is -0.371 e. The molecule has 5 nitrogen and oxygen atoms in total. The average Bonchev–Trinajstić information content (AvgIpc) is 3.40. The van der Waals surface area contributed by atoms with Crippen molar-refractivity contribution in [3.8, 4) is 0 Å². The number of carbonyl (C=O) groups is 2. The van der Waals surface area contributed by atoms with Crippen LogP contribution in [0, 0.1) is 0 Å².